The first kappa shape index (κ1) is 20.9. The van der Waals surface area contributed by atoms with Crippen LogP contribution in [0.25, 0.3) is 11.1 Å². The molecule has 8 heteroatoms. The average molecular weight is 422 g/mol. The molecule has 1 aromatic heterocycles. The van der Waals surface area contributed by atoms with Gasteiger partial charge in [-0.3, -0.25) is 14.5 Å². The van der Waals surface area contributed by atoms with Crippen LogP contribution in [0.15, 0.2) is 52.9 Å². The Balaban J connectivity index is 1.42. The normalized spacial score (nSPS) is 16.8. The van der Waals surface area contributed by atoms with Crippen molar-refractivity contribution < 1.29 is 18.7 Å². The van der Waals surface area contributed by atoms with Crippen molar-refractivity contribution in [1.29, 1.82) is 0 Å². The van der Waals surface area contributed by atoms with Gasteiger partial charge in [-0.05, 0) is 29.8 Å². The minimum Gasteiger partial charge on any atom is -0.497 e. The van der Waals surface area contributed by atoms with Gasteiger partial charge >= 0.3 is 0 Å². The number of rotatable bonds is 7. The van der Waals surface area contributed by atoms with Gasteiger partial charge in [0.1, 0.15) is 11.3 Å². The van der Waals surface area contributed by atoms with E-state index in [0.29, 0.717) is 31.1 Å². The van der Waals surface area contributed by atoms with E-state index in [1.807, 2.05) is 53.4 Å². The average Bonchev–Trinajstić information content (AvgIpc) is 3.18. The van der Waals surface area contributed by atoms with E-state index in [4.69, 9.17) is 9.15 Å². The Kier molecular flexibility index (Phi) is 6.18. The number of ether oxygens (including phenoxy) is 1. The van der Waals surface area contributed by atoms with E-state index in [2.05, 4.69) is 10.3 Å². The van der Waals surface area contributed by atoms with E-state index < -0.39 is 6.04 Å². The summed E-state index contributed by atoms with van der Waals surface area (Å²) in [6.45, 7) is 2.05. The zero-order valence-corrected chi connectivity index (χ0v) is 17.7. The molecule has 8 nitrogen and oxygen atoms in total. The topological polar surface area (TPSA) is 87.9 Å². The van der Waals surface area contributed by atoms with Crippen molar-refractivity contribution in [1.82, 2.24) is 20.1 Å². The van der Waals surface area contributed by atoms with E-state index >= 15 is 0 Å². The van der Waals surface area contributed by atoms with Gasteiger partial charge in [0, 0.05) is 26.7 Å². The maximum absolute atomic E-state index is 12.9. The first-order valence-corrected chi connectivity index (χ1v) is 10.3. The molecule has 2 amide bonds. The third-order valence-corrected chi connectivity index (χ3v) is 5.47. The van der Waals surface area contributed by atoms with Gasteiger partial charge in [-0.2, -0.15) is 0 Å². The van der Waals surface area contributed by atoms with E-state index in [9.17, 15) is 9.59 Å². The van der Waals surface area contributed by atoms with Gasteiger partial charge in [0.15, 0.2) is 5.58 Å². The molecule has 1 saturated heterocycles. The van der Waals surface area contributed by atoms with Gasteiger partial charge in [0.2, 0.25) is 17.7 Å². The Hall–Kier alpha value is -3.39. The van der Waals surface area contributed by atoms with Crippen molar-refractivity contribution in [3.63, 3.8) is 0 Å². The molecule has 1 fully saturated rings. The first-order valence-electron chi connectivity index (χ1n) is 10.3. The number of piperazine rings is 1. The molecule has 1 aliphatic heterocycles. The minimum absolute atomic E-state index is 0.0898. The van der Waals surface area contributed by atoms with Crippen LogP contribution in [0, 0.1) is 0 Å². The third kappa shape index (κ3) is 4.86. The number of benzene rings is 2. The standard InChI is InChI=1S/C23H26N4O4/c1-26(15-21-25-18-8-3-4-9-20(18)31-21)22(28)13-19-23(29)24-10-11-27(19)14-16-6-5-7-17(12-16)30-2/h3-9,12,19H,10-11,13-15H2,1-2H3,(H,24,29). The summed E-state index contributed by atoms with van der Waals surface area (Å²) in [5.41, 5.74) is 2.48. The van der Waals surface area contributed by atoms with Crippen LogP contribution >= 0.6 is 0 Å². The molecule has 1 unspecified atom stereocenters. The number of carbonyl (C=O) groups excluding carboxylic acids is 2. The number of aromatic nitrogens is 1. The van der Waals surface area contributed by atoms with Gasteiger partial charge in [-0.1, -0.05) is 24.3 Å². The van der Waals surface area contributed by atoms with E-state index in [0.717, 1.165) is 16.8 Å². The number of nitrogens with zero attached hydrogens (tertiary/aromatic N) is 3. The van der Waals surface area contributed by atoms with Crippen LogP contribution in [0.2, 0.25) is 0 Å². The molecule has 2 aromatic carbocycles. The summed E-state index contributed by atoms with van der Waals surface area (Å²) in [7, 11) is 3.33. The molecule has 0 spiro atoms. The molecule has 0 aliphatic carbocycles. The number of nitrogens with one attached hydrogen (secondary N) is 1. The van der Waals surface area contributed by atoms with Gasteiger partial charge in [-0.15, -0.1) is 0 Å². The van der Waals surface area contributed by atoms with Crippen LogP contribution < -0.4 is 10.1 Å². The first-order chi connectivity index (χ1) is 15.0. The second-order valence-corrected chi connectivity index (χ2v) is 7.66. The monoisotopic (exact) mass is 422 g/mol. The molecular weight excluding hydrogens is 396 g/mol. The minimum atomic E-state index is -0.529. The molecular formula is C23H26N4O4. The highest BCUT2D eigenvalue weighted by Gasteiger charge is 2.32. The second kappa shape index (κ2) is 9.18. The number of amides is 2. The van der Waals surface area contributed by atoms with Crippen molar-refractivity contribution >= 4 is 22.9 Å². The highest BCUT2D eigenvalue weighted by Crippen LogP contribution is 2.20. The fourth-order valence-corrected chi connectivity index (χ4v) is 3.78. The molecule has 1 N–H and O–H groups in total. The maximum atomic E-state index is 12.9. The van der Waals surface area contributed by atoms with Gasteiger partial charge in [0.05, 0.1) is 26.1 Å². The summed E-state index contributed by atoms with van der Waals surface area (Å²) in [4.78, 5) is 33.5. The SMILES string of the molecule is COc1cccc(CN2CCNC(=O)C2CC(=O)N(C)Cc2nc3ccccc3o2)c1. The Morgan fingerprint density at radius 3 is 2.94 bits per heavy atom. The zero-order chi connectivity index (χ0) is 21.8. The lowest BCUT2D eigenvalue weighted by Crippen LogP contribution is -2.56. The number of fused-ring (bicyclic) bond motifs is 1. The fraction of sp³-hybridized carbons (Fsp3) is 0.348. The van der Waals surface area contributed by atoms with Crippen LogP contribution in [-0.2, 0) is 22.7 Å². The van der Waals surface area contributed by atoms with Crippen LogP contribution in [0.4, 0.5) is 0 Å². The second-order valence-electron chi connectivity index (χ2n) is 7.66. The Morgan fingerprint density at radius 2 is 2.13 bits per heavy atom. The van der Waals surface area contributed by atoms with Crippen molar-refractivity contribution in [2.75, 3.05) is 27.2 Å². The molecule has 0 bridgehead atoms. The summed E-state index contributed by atoms with van der Waals surface area (Å²) in [6, 6.07) is 14.7. The Morgan fingerprint density at radius 1 is 1.29 bits per heavy atom. The summed E-state index contributed by atoms with van der Waals surface area (Å²) < 4.78 is 11.0. The lowest BCUT2D eigenvalue weighted by Gasteiger charge is -2.35. The Labute approximate surface area is 180 Å². The number of carbonyl (C=O) groups is 2. The lowest BCUT2D eigenvalue weighted by molar-refractivity contribution is -0.138. The van der Waals surface area contributed by atoms with Gasteiger partial charge in [0.25, 0.3) is 0 Å². The number of hydrogen-bond acceptors (Lipinski definition) is 6. The molecule has 0 radical (unpaired) electrons. The van der Waals surface area contributed by atoms with Crippen molar-refractivity contribution in [2.24, 2.45) is 0 Å². The molecule has 162 valence electrons. The van der Waals surface area contributed by atoms with Crippen LogP contribution in [0.3, 0.4) is 0 Å². The smallest absolute Gasteiger partial charge is 0.237 e. The summed E-state index contributed by atoms with van der Waals surface area (Å²) in [5.74, 6) is 0.973. The fourth-order valence-electron chi connectivity index (χ4n) is 3.78. The maximum Gasteiger partial charge on any atom is 0.237 e. The quantitative estimate of drug-likeness (QED) is 0.628. The number of hydrogen-bond donors (Lipinski definition) is 1. The van der Waals surface area contributed by atoms with Gasteiger partial charge in [-0.25, -0.2) is 4.98 Å². The predicted octanol–water partition coefficient (Wildman–Crippen LogP) is 2.19. The molecule has 4 rings (SSSR count). The number of para-hydroxylation sites is 2. The summed E-state index contributed by atoms with van der Waals surface area (Å²) >= 11 is 0. The van der Waals surface area contributed by atoms with Crippen LogP contribution in [0.5, 0.6) is 5.75 Å². The van der Waals surface area contributed by atoms with E-state index in [1.165, 1.54) is 0 Å². The van der Waals surface area contributed by atoms with Crippen molar-refractivity contribution in [3.05, 3.63) is 60.0 Å². The number of oxazole rings is 1. The van der Waals surface area contributed by atoms with Crippen LogP contribution in [0.1, 0.15) is 17.9 Å². The molecule has 3 aromatic rings. The lowest BCUT2D eigenvalue weighted by atomic mass is 10.1. The highest BCUT2D eigenvalue weighted by atomic mass is 16.5. The third-order valence-electron chi connectivity index (χ3n) is 5.47. The van der Waals surface area contributed by atoms with E-state index in [1.54, 1.807) is 19.1 Å². The van der Waals surface area contributed by atoms with Crippen molar-refractivity contribution in [3.8, 4) is 5.75 Å². The largest absolute Gasteiger partial charge is 0.497 e. The van der Waals surface area contributed by atoms with E-state index in [-0.39, 0.29) is 24.8 Å². The highest BCUT2D eigenvalue weighted by molar-refractivity contribution is 5.88. The zero-order valence-electron chi connectivity index (χ0n) is 17.7. The van der Waals surface area contributed by atoms with Crippen LogP contribution in [-0.4, -0.2) is 59.9 Å². The summed E-state index contributed by atoms with van der Waals surface area (Å²) in [5, 5.41) is 2.88. The van der Waals surface area contributed by atoms with Gasteiger partial charge < -0.3 is 19.4 Å². The molecule has 1 aliphatic rings. The molecule has 2 heterocycles. The molecule has 31 heavy (non-hydrogen) atoms. The van der Waals surface area contributed by atoms with Crippen molar-refractivity contribution in [2.45, 2.75) is 25.6 Å². The predicted molar refractivity (Wildman–Crippen MR) is 115 cm³/mol. The molecule has 1 atom stereocenters. The summed E-state index contributed by atoms with van der Waals surface area (Å²) in [6.07, 6.45) is 0.0898. The number of methoxy groups -OCH3 is 1. The Bertz CT molecular complexity index is 1050. The molecule has 0 saturated carbocycles.